The molecule has 2 aromatic rings. The third-order valence-corrected chi connectivity index (χ3v) is 4.50. The fraction of sp³-hybridized carbons (Fsp3) is 0.350. The number of rotatable bonds is 8. The summed E-state index contributed by atoms with van der Waals surface area (Å²) in [5.41, 5.74) is 1.63. The molecule has 0 bridgehead atoms. The number of aromatic nitrogens is 1. The van der Waals surface area contributed by atoms with Crippen LogP contribution >= 0.6 is 12.2 Å². The van der Waals surface area contributed by atoms with Crippen molar-refractivity contribution in [3.05, 3.63) is 33.6 Å². The Morgan fingerprint density at radius 1 is 1.10 bits per heavy atom. The number of pyridine rings is 1. The lowest BCUT2D eigenvalue weighted by molar-refractivity contribution is 0.0387. The van der Waals surface area contributed by atoms with Crippen molar-refractivity contribution in [3.8, 4) is 34.4 Å². The zero-order valence-electron chi connectivity index (χ0n) is 16.9. The van der Waals surface area contributed by atoms with Crippen LogP contribution in [0.1, 0.15) is 21.6 Å². The Morgan fingerprint density at radius 2 is 1.72 bits per heavy atom. The molecule has 0 fully saturated rings. The van der Waals surface area contributed by atoms with E-state index in [1.165, 1.54) is 28.4 Å². The van der Waals surface area contributed by atoms with Gasteiger partial charge < -0.3 is 28.7 Å². The average Bonchev–Trinajstić information content (AvgIpc) is 2.72. The fourth-order valence-corrected chi connectivity index (χ4v) is 3.19. The quantitative estimate of drug-likeness (QED) is 0.395. The molecule has 29 heavy (non-hydrogen) atoms. The summed E-state index contributed by atoms with van der Waals surface area (Å²) in [5.74, 6) is 0.534. The van der Waals surface area contributed by atoms with Crippen molar-refractivity contribution in [2.24, 2.45) is 0 Å². The number of aryl methyl sites for hydroxylation is 1. The molecule has 0 spiro atoms. The second-order valence-corrected chi connectivity index (χ2v) is 6.27. The number of methoxy groups -OCH3 is 4. The molecule has 0 saturated heterocycles. The third-order valence-electron chi connectivity index (χ3n) is 4.19. The van der Waals surface area contributed by atoms with E-state index in [4.69, 9.17) is 35.9 Å². The van der Waals surface area contributed by atoms with Gasteiger partial charge in [0.1, 0.15) is 17.3 Å². The van der Waals surface area contributed by atoms with Crippen molar-refractivity contribution in [3.63, 3.8) is 0 Å². The second kappa shape index (κ2) is 9.91. The normalized spacial score (nSPS) is 10.2. The van der Waals surface area contributed by atoms with Gasteiger partial charge in [0.15, 0.2) is 11.5 Å². The summed E-state index contributed by atoms with van der Waals surface area (Å²) in [7, 11) is 5.96. The first-order valence-electron chi connectivity index (χ1n) is 8.56. The molecule has 9 heteroatoms. The number of nitrogens with one attached hydrogen (secondary N) is 1. The highest BCUT2D eigenvalue weighted by atomic mass is 32.1. The lowest BCUT2D eigenvalue weighted by Crippen LogP contribution is -2.14. The number of hydrogen-bond acceptors (Lipinski definition) is 8. The summed E-state index contributed by atoms with van der Waals surface area (Å²) in [6.45, 7) is 2.00. The first-order valence-corrected chi connectivity index (χ1v) is 8.97. The number of H-pyrrole nitrogens is 1. The summed E-state index contributed by atoms with van der Waals surface area (Å²) < 4.78 is 26.6. The van der Waals surface area contributed by atoms with Crippen molar-refractivity contribution in [2.45, 2.75) is 6.92 Å². The molecule has 1 aromatic carbocycles. The average molecular weight is 418 g/mol. The highest BCUT2D eigenvalue weighted by Crippen LogP contribution is 2.43. The number of nitriles is 1. The number of esters is 1. The molecule has 0 aliphatic rings. The molecular formula is C20H22N2O6S. The van der Waals surface area contributed by atoms with Crippen molar-refractivity contribution in [2.75, 3.05) is 41.7 Å². The summed E-state index contributed by atoms with van der Waals surface area (Å²) in [6.07, 6.45) is 0. The number of nitrogens with zero attached hydrogens (tertiary/aromatic N) is 1. The topological polar surface area (TPSA) is 103 Å². The molecule has 0 aliphatic heterocycles. The van der Waals surface area contributed by atoms with E-state index >= 15 is 0 Å². The molecule has 154 valence electrons. The number of aromatic amines is 1. The monoisotopic (exact) mass is 418 g/mol. The van der Waals surface area contributed by atoms with Gasteiger partial charge in [0.2, 0.25) is 5.75 Å². The summed E-state index contributed by atoms with van der Waals surface area (Å²) in [6, 6.07) is 5.38. The van der Waals surface area contributed by atoms with Gasteiger partial charge in [0.25, 0.3) is 0 Å². The van der Waals surface area contributed by atoms with E-state index < -0.39 is 5.97 Å². The SMILES string of the molecule is COCCOC(=O)c1c(C)[nH]c(=S)c(C#N)c1-c1cc(OC)c(OC)c(OC)c1. The van der Waals surface area contributed by atoms with Crippen LogP contribution in [-0.4, -0.2) is 52.6 Å². The predicted molar refractivity (Wildman–Crippen MR) is 108 cm³/mol. The Bertz CT molecular complexity index is 984. The minimum atomic E-state index is -0.606. The van der Waals surface area contributed by atoms with Crippen LogP contribution in [0.5, 0.6) is 17.2 Å². The van der Waals surface area contributed by atoms with Gasteiger partial charge in [0.05, 0.1) is 39.1 Å². The van der Waals surface area contributed by atoms with E-state index in [1.54, 1.807) is 19.1 Å². The maximum Gasteiger partial charge on any atom is 0.340 e. The van der Waals surface area contributed by atoms with Crippen LogP contribution in [0.3, 0.4) is 0 Å². The fourth-order valence-electron chi connectivity index (χ4n) is 2.89. The lowest BCUT2D eigenvalue weighted by atomic mass is 9.94. The first-order chi connectivity index (χ1) is 13.9. The van der Waals surface area contributed by atoms with Gasteiger partial charge in [-0.15, -0.1) is 0 Å². The minimum absolute atomic E-state index is 0.0704. The van der Waals surface area contributed by atoms with E-state index in [-0.39, 0.29) is 29.0 Å². The Kier molecular flexibility index (Phi) is 7.59. The Hall–Kier alpha value is -3.09. The molecule has 0 atom stereocenters. The molecule has 0 radical (unpaired) electrons. The van der Waals surface area contributed by atoms with E-state index in [9.17, 15) is 10.1 Å². The van der Waals surface area contributed by atoms with E-state index in [2.05, 4.69) is 11.1 Å². The van der Waals surface area contributed by atoms with Crippen LogP contribution in [0.4, 0.5) is 0 Å². The van der Waals surface area contributed by atoms with Gasteiger partial charge in [-0.05, 0) is 24.6 Å². The third kappa shape index (κ3) is 4.50. The summed E-state index contributed by atoms with van der Waals surface area (Å²) in [5, 5.41) is 9.73. The highest BCUT2D eigenvalue weighted by molar-refractivity contribution is 7.71. The van der Waals surface area contributed by atoms with Gasteiger partial charge in [-0.2, -0.15) is 5.26 Å². The van der Waals surface area contributed by atoms with E-state index in [0.717, 1.165) is 0 Å². The second-order valence-electron chi connectivity index (χ2n) is 5.86. The van der Waals surface area contributed by atoms with Gasteiger partial charge in [-0.25, -0.2) is 4.79 Å². The molecule has 1 aromatic heterocycles. The Balaban J connectivity index is 2.82. The first kappa shape index (κ1) is 22.2. The van der Waals surface area contributed by atoms with Crippen molar-refractivity contribution in [1.29, 1.82) is 5.26 Å². The van der Waals surface area contributed by atoms with E-state index in [1.807, 2.05) is 0 Å². The van der Waals surface area contributed by atoms with Gasteiger partial charge >= 0.3 is 5.97 Å². The van der Waals surface area contributed by atoms with Crippen LogP contribution in [-0.2, 0) is 9.47 Å². The molecule has 8 nitrogen and oxygen atoms in total. The standard InChI is InChI=1S/C20H22N2O6S/c1-11-16(20(23)28-7-6-24-2)17(13(10-21)19(29)22-11)12-8-14(25-3)18(27-5)15(9-12)26-4/h8-9H,6-7H2,1-5H3,(H,22,29). The summed E-state index contributed by atoms with van der Waals surface area (Å²) in [4.78, 5) is 15.7. The smallest absolute Gasteiger partial charge is 0.340 e. The maximum atomic E-state index is 12.8. The van der Waals surface area contributed by atoms with Crippen LogP contribution in [0.15, 0.2) is 12.1 Å². The van der Waals surface area contributed by atoms with Crippen LogP contribution in [0, 0.1) is 22.9 Å². The predicted octanol–water partition coefficient (Wildman–Crippen LogP) is 3.42. The number of carbonyl (C=O) groups is 1. The van der Waals surface area contributed by atoms with Crippen LogP contribution in [0.2, 0.25) is 0 Å². The zero-order chi connectivity index (χ0) is 21.6. The summed E-state index contributed by atoms with van der Waals surface area (Å²) >= 11 is 5.31. The number of carbonyl (C=O) groups excluding carboxylic acids is 1. The van der Waals surface area contributed by atoms with E-state index in [0.29, 0.717) is 34.1 Å². The molecule has 0 amide bonds. The maximum absolute atomic E-state index is 12.8. The number of hydrogen-bond donors (Lipinski definition) is 1. The van der Waals surface area contributed by atoms with Crippen molar-refractivity contribution in [1.82, 2.24) is 4.98 Å². The largest absolute Gasteiger partial charge is 0.493 e. The van der Waals surface area contributed by atoms with Crippen molar-refractivity contribution < 1.29 is 28.5 Å². The van der Waals surface area contributed by atoms with Gasteiger partial charge in [-0.3, -0.25) is 0 Å². The Morgan fingerprint density at radius 3 is 2.21 bits per heavy atom. The Labute approximate surface area is 173 Å². The molecule has 0 saturated carbocycles. The molecule has 1 heterocycles. The molecule has 0 unspecified atom stereocenters. The molecular weight excluding hydrogens is 396 g/mol. The molecule has 0 aliphatic carbocycles. The highest BCUT2D eigenvalue weighted by Gasteiger charge is 2.25. The lowest BCUT2D eigenvalue weighted by Gasteiger charge is -2.18. The molecule has 2 rings (SSSR count). The van der Waals surface area contributed by atoms with Crippen molar-refractivity contribution >= 4 is 18.2 Å². The van der Waals surface area contributed by atoms with Gasteiger partial charge in [-0.1, -0.05) is 12.2 Å². The van der Waals surface area contributed by atoms with Crippen LogP contribution < -0.4 is 14.2 Å². The number of benzene rings is 1. The van der Waals surface area contributed by atoms with Crippen LogP contribution in [0.25, 0.3) is 11.1 Å². The number of ether oxygens (including phenoxy) is 5. The minimum Gasteiger partial charge on any atom is -0.493 e. The zero-order valence-corrected chi connectivity index (χ0v) is 17.7. The van der Waals surface area contributed by atoms with Gasteiger partial charge in [0, 0.05) is 18.4 Å². The molecule has 1 N–H and O–H groups in total.